The number of ether oxygens (including phenoxy) is 2. The number of likely N-dealkylation sites (N-methyl/N-ethyl adjacent to an activating group) is 1. The van der Waals surface area contributed by atoms with Crippen LogP contribution >= 0.6 is 15.9 Å². The fraction of sp³-hybridized carbons (Fsp3) is 0.294. The van der Waals surface area contributed by atoms with E-state index >= 15 is 0 Å². The molecule has 0 fully saturated rings. The molecule has 0 aliphatic rings. The van der Waals surface area contributed by atoms with E-state index in [0.29, 0.717) is 0 Å². The second kappa shape index (κ2) is 7.48. The lowest BCUT2D eigenvalue weighted by molar-refractivity contribution is 0.412. The highest BCUT2D eigenvalue weighted by Gasteiger charge is 2.11. The van der Waals surface area contributed by atoms with Crippen LogP contribution < -0.4 is 14.8 Å². The van der Waals surface area contributed by atoms with Gasteiger partial charge in [-0.15, -0.1) is 0 Å². The molecule has 0 aliphatic heterocycles. The molecule has 2 aromatic rings. The van der Waals surface area contributed by atoms with Gasteiger partial charge in [0.25, 0.3) is 0 Å². The lowest BCUT2D eigenvalue weighted by Crippen LogP contribution is -2.18. The monoisotopic (exact) mass is 349 g/mol. The SMILES string of the molecule is CNC(Cc1ccc(OC)c(Br)c1)c1ccc(OC)cc1. The quantitative estimate of drug-likeness (QED) is 0.855. The number of halogens is 1. The summed E-state index contributed by atoms with van der Waals surface area (Å²) in [6.07, 6.45) is 0.908. The number of hydrogen-bond acceptors (Lipinski definition) is 3. The minimum Gasteiger partial charge on any atom is -0.497 e. The normalized spacial score (nSPS) is 12.0. The molecule has 1 unspecified atom stereocenters. The first-order chi connectivity index (χ1) is 10.2. The molecule has 3 nitrogen and oxygen atoms in total. The molecule has 4 heteroatoms. The third-order valence-corrected chi connectivity index (χ3v) is 4.14. The Morgan fingerprint density at radius 3 is 2.29 bits per heavy atom. The zero-order chi connectivity index (χ0) is 15.2. The smallest absolute Gasteiger partial charge is 0.133 e. The first kappa shape index (κ1) is 15.9. The minimum atomic E-state index is 0.260. The molecule has 112 valence electrons. The Kier molecular flexibility index (Phi) is 5.65. The number of methoxy groups -OCH3 is 2. The maximum atomic E-state index is 5.27. The van der Waals surface area contributed by atoms with Crippen molar-refractivity contribution in [3.63, 3.8) is 0 Å². The van der Waals surface area contributed by atoms with Crippen LogP contribution in [0.3, 0.4) is 0 Å². The number of nitrogens with one attached hydrogen (secondary N) is 1. The van der Waals surface area contributed by atoms with Crippen molar-refractivity contribution < 1.29 is 9.47 Å². The Morgan fingerprint density at radius 2 is 1.76 bits per heavy atom. The van der Waals surface area contributed by atoms with Crippen molar-refractivity contribution in [3.8, 4) is 11.5 Å². The lowest BCUT2D eigenvalue weighted by atomic mass is 9.99. The molecule has 0 aliphatic carbocycles. The second-order valence-corrected chi connectivity index (χ2v) is 5.64. The summed E-state index contributed by atoms with van der Waals surface area (Å²) in [5, 5.41) is 3.36. The van der Waals surface area contributed by atoms with Gasteiger partial charge in [-0.2, -0.15) is 0 Å². The first-order valence-corrected chi connectivity index (χ1v) is 7.61. The van der Waals surface area contributed by atoms with Crippen LogP contribution in [0.25, 0.3) is 0 Å². The van der Waals surface area contributed by atoms with Gasteiger partial charge in [0.05, 0.1) is 18.7 Å². The van der Waals surface area contributed by atoms with E-state index in [9.17, 15) is 0 Å². The van der Waals surface area contributed by atoms with E-state index in [0.717, 1.165) is 22.4 Å². The van der Waals surface area contributed by atoms with Gasteiger partial charge in [0.2, 0.25) is 0 Å². The van der Waals surface area contributed by atoms with Crippen molar-refractivity contribution >= 4 is 15.9 Å². The van der Waals surface area contributed by atoms with E-state index < -0.39 is 0 Å². The van der Waals surface area contributed by atoms with Crippen molar-refractivity contribution in [2.24, 2.45) is 0 Å². The van der Waals surface area contributed by atoms with E-state index in [2.05, 4.69) is 45.5 Å². The molecule has 0 saturated carbocycles. The maximum Gasteiger partial charge on any atom is 0.133 e. The van der Waals surface area contributed by atoms with Crippen LogP contribution in [0.5, 0.6) is 11.5 Å². The molecule has 0 radical (unpaired) electrons. The molecule has 0 amide bonds. The van der Waals surface area contributed by atoms with Crippen molar-refractivity contribution in [1.82, 2.24) is 5.32 Å². The molecule has 2 rings (SSSR count). The molecule has 0 spiro atoms. The molecule has 1 N–H and O–H groups in total. The third kappa shape index (κ3) is 3.99. The number of rotatable bonds is 6. The van der Waals surface area contributed by atoms with Crippen molar-refractivity contribution in [3.05, 3.63) is 58.1 Å². The van der Waals surface area contributed by atoms with Crippen molar-refractivity contribution in [2.75, 3.05) is 21.3 Å². The zero-order valence-electron chi connectivity index (χ0n) is 12.5. The van der Waals surface area contributed by atoms with Gasteiger partial charge < -0.3 is 14.8 Å². The second-order valence-electron chi connectivity index (χ2n) is 4.79. The fourth-order valence-corrected chi connectivity index (χ4v) is 2.88. The van der Waals surface area contributed by atoms with Crippen LogP contribution in [0.15, 0.2) is 46.9 Å². The molecule has 0 bridgehead atoms. The summed E-state index contributed by atoms with van der Waals surface area (Å²) in [4.78, 5) is 0. The third-order valence-electron chi connectivity index (χ3n) is 3.52. The predicted octanol–water partition coefficient (Wildman–Crippen LogP) is 3.97. The van der Waals surface area contributed by atoms with Crippen LogP contribution in [-0.2, 0) is 6.42 Å². The Labute approximate surface area is 134 Å². The van der Waals surface area contributed by atoms with Gasteiger partial charge in [0.1, 0.15) is 11.5 Å². The summed E-state index contributed by atoms with van der Waals surface area (Å²) in [7, 11) is 5.33. The average molecular weight is 350 g/mol. The van der Waals surface area contributed by atoms with Crippen LogP contribution in [0.2, 0.25) is 0 Å². The highest BCUT2D eigenvalue weighted by Crippen LogP contribution is 2.28. The molecule has 0 heterocycles. The van der Waals surface area contributed by atoms with E-state index in [4.69, 9.17) is 9.47 Å². The van der Waals surface area contributed by atoms with Gasteiger partial charge in [-0.1, -0.05) is 18.2 Å². The van der Waals surface area contributed by atoms with Gasteiger partial charge >= 0.3 is 0 Å². The fourth-order valence-electron chi connectivity index (χ4n) is 2.30. The summed E-state index contributed by atoms with van der Waals surface area (Å²) < 4.78 is 11.4. The predicted molar refractivity (Wildman–Crippen MR) is 89.2 cm³/mol. The molecular weight excluding hydrogens is 330 g/mol. The number of benzene rings is 2. The minimum absolute atomic E-state index is 0.260. The Balaban J connectivity index is 2.16. The van der Waals surface area contributed by atoms with Crippen molar-refractivity contribution in [1.29, 1.82) is 0 Å². The van der Waals surface area contributed by atoms with Gasteiger partial charge in [-0.05, 0) is 64.8 Å². The summed E-state index contributed by atoms with van der Waals surface area (Å²) >= 11 is 3.53. The van der Waals surface area contributed by atoms with Crippen molar-refractivity contribution in [2.45, 2.75) is 12.5 Å². The van der Waals surface area contributed by atoms with Gasteiger partial charge in [-0.3, -0.25) is 0 Å². The Hall–Kier alpha value is -1.52. The van der Waals surface area contributed by atoms with E-state index in [1.54, 1.807) is 14.2 Å². The highest BCUT2D eigenvalue weighted by atomic mass is 79.9. The van der Waals surface area contributed by atoms with Gasteiger partial charge in [0.15, 0.2) is 0 Å². The average Bonchev–Trinajstić information content (AvgIpc) is 2.53. The highest BCUT2D eigenvalue weighted by molar-refractivity contribution is 9.10. The standard InChI is InChI=1S/C17H20BrNO2/c1-19-16(13-5-7-14(20-2)8-6-13)11-12-4-9-17(21-3)15(18)10-12/h4-10,16,19H,11H2,1-3H3. The van der Waals surface area contributed by atoms with E-state index in [1.165, 1.54) is 11.1 Å². The Morgan fingerprint density at radius 1 is 1.05 bits per heavy atom. The van der Waals surface area contributed by atoms with E-state index in [1.807, 2.05) is 25.2 Å². The van der Waals surface area contributed by atoms with E-state index in [-0.39, 0.29) is 6.04 Å². The summed E-state index contributed by atoms with van der Waals surface area (Å²) in [6.45, 7) is 0. The molecule has 1 atom stereocenters. The van der Waals surface area contributed by atoms with Crippen LogP contribution in [0, 0.1) is 0 Å². The van der Waals surface area contributed by atoms with Crippen LogP contribution in [0.4, 0.5) is 0 Å². The Bertz CT molecular complexity index is 584. The first-order valence-electron chi connectivity index (χ1n) is 6.81. The summed E-state index contributed by atoms with van der Waals surface area (Å²) in [5.41, 5.74) is 2.49. The summed E-state index contributed by atoms with van der Waals surface area (Å²) in [6, 6.07) is 14.6. The topological polar surface area (TPSA) is 30.5 Å². The molecule has 0 aromatic heterocycles. The van der Waals surface area contributed by atoms with Crippen LogP contribution in [0.1, 0.15) is 17.2 Å². The molecular formula is C17H20BrNO2. The molecule has 21 heavy (non-hydrogen) atoms. The van der Waals surface area contributed by atoms with Gasteiger partial charge in [-0.25, -0.2) is 0 Å². The number of hydrogen-bond donors (Lipinski definition) is 1. The zero-order valence-corrected chi connectivity index (χ0v) is 14.1. The van der Waals surface area contributed by atoms with Crippen LogP contribution in [-0.4, -0.2) is 21.3 Å². The maximum absolute atomic E-state index is 5.27. The van der Waals surface area contributed by atoms with Gasteiger partial charge in [0, 0.05) is 6.04 Å². The largest absolute Gasteiger partial charge is 0.497 e. The summed E-state index contributed by atoms with van der Waals surface area (Å²) in [5.74, 6) is 1.73. The lowest BCUT2D eigenvalue weighted by Gasteiger charge is -2.18. The molecule has 2 aromatic carbocycles. The molecule has 0 saturated heterocycles.